The molecule has 4 unspecified atom stereocenters. The fourth-order valence-electron chi connectivity index (χ4n) is 4.88. The molecule has 1 aliphatic rings. The van der Waals surface area contributed by atoms with Gasteiger partial charge in [0, 0.05) is 18.1 Å². The van der Waals surface area contributed by atoms with Crippen molar-refractivity contribution < 1.29 is 38.2 Å². The summed E-state index contributed by atoms with van der Waals surface area (Å²) in [5.74, 6) is -3.24. The molecule has 1 saturated heterocycles. The number of carbonyl (C=O) groups excluding carboxylic acids is 6. The maximum Gasteiger partial charge on any atom is 0.330 e. The zero-order chi connectivity index (χ0) is 36.4. The van der Waals surface area contributed by atoms with Crippen molar-refractivity contribution in [1.29, 1.82) is 0 Å². The number of esters is 2. The van der Waals surface area contributed by atoms with Crippen LogP contribution in [0.15, 0.2) is 54.6 Å². The Hall–Kier alpha value is -4.08. The van der Waals surface area contributed by atoms with Crippen molar-refractivity contribution in [2.75, 3.05) is 13.2 Å². The minimum atomic E-state index is -1.17. The van der Waals surface area contributed by atoms with E-state index in [9.17, 15) is 28.8 Å². The molecule has 0 aromatic heterocycles. The third-order valence-electron chi connectivity index (χ3n) is 7.55. The zero-order valence-corrected chi connectivity index (χ0v) is 30.1. The highest BCUT2D eigenvalue weighted by Gasteiger charge is 2.45. The van der Waals surface area contributed by atoms with Gasteiger partial charge in [-0.15, -0.1) is 0 Å². The Bertz CT molecular complexity index is 1500. The molecule has 0 saturated carbocycles. The minimum Gasteiger partial charge on any atom is -0.464 e. The fourth-order valence-corrected chi connectivity index (χ4v) is 7.69. The van der Waals surface area contributed by atoms with Gasteiger partial charge in [-0.3, -0.25) is 24.0 Å². The van der Waals surface area contributed by atoms with E-state index in [0.717, 1.165) is 5.56 Å². The van der Waals surface area contributed by atoms with E-state index in [1.54, 1.807) is 71.0 Å². The fraction of sp³-hybridized carbons (Fsp3) is 0.471. The highest BCUT2D eigenvalue weighted by Crippen LogP contribution is 2.47. The normalized spacial score (nSPS) is 21.9. The van der Waals surface area contributed by atoms with E-state index in [-0.39, 0.29) is 19.4 Å². The van der Waals surface area contributed by atoms with E-state index >= 15 is 0 Å². The quantitative estimate of drug-likeness (QED) is 0.144. The second kappa shape index (κ2) is 17.5. The van der Waals surface area contributed by atoms with Gasteiger partial charge in [0.15, 0.2) is 0 Å². The monoisotopic (exact) mass is 715 g/mol. The van der Waals surface area contributed by atoms with Crippen molar-refractivity contribution >= 4 is 57.2 Å². The molecule has 49 heavy (non-hydrogen) atoms. The first-order chi connectivity index (χ1) is 23.0. The molecule has 4 amide bonds. The molecular formula is C34H45N5O8S2. The Balaban J connectivity index is 1.88. The van der Waals surface area contributed by atoms with Crippen LogP contribution in [-0.4, -0.2) is 82.4 Å². The largest absolute Gasteiger partial charge is 0.464 e. The molecule has 1 aliphatic heterocycles. The maximum absolute atomic E-state index is 13.7. The van der Waals surface area contributed by atoms with Crippen molar-refractivity contribution in [3.63, 3.8) is 0 Å². The molecule has 1 heterocycles. The van der Waals surface area contributed by atoms with E-state index < -0.39 is 75.8 Å². The summed E-state index contributed by atoms with van der Waals surface area (Å²) in [4.78, 5) is 78.3. The Morgan fingerprint density at radius 3 is 2.16 bits per heavy atom. The maximum atomic E-state index is 13.7. The number of rotatable bonds is 9. The topological polar surface area (TPSA) is 195 Å². The van der Waals surface area contributed by atoms with Crippen LogP contribution in [0, 0.1) is 0 Å². The number of carbonyl (C=O) groups is 6. The smallest absolute Gasteiger partial charge is 0.330 e. The van der Waals surface area contributed by atoms with Gasteiger partial charge in [0.05, 0.1) is 23.9 Å². The van der Waals surface area contributed by atoms with Crippen molar-refractivity contribution in [1.82, 2.24) is 21.3 Å². The lowest BCUT2D eigenvalue weighted by atomic mass is 10.00. The van der Waals surface area contributed by atoms with Crippen molar-refractivity contribution in [2.24, 2.45) is 5.73 Å². The lowest BCUT2D eigenvalue weighted by molar-refractivity contribution is -0.148. The number of amides is 4. The van der Waals surface area contributed by atoms with Gasteiger partial charge in [0.2, 0.25) is 23.6 Å². The van der Waals surface area contributed by atoms with E-state index in [2.05, 4.69) is 21.3 Å². The minimum absolute atomic E-state index is 0.0830. The number of hydrogen-bond acceptors (Lipinski definition) is 11. The SMILES string of the molecule is CCOC(=O)C1NC(=O)C(Cc2ccccc2)NC(=O)CNC(=O)C(NC(=O)C(N)Cc2ccc(OC(C)=O)cc2)C(C)(C)SSC1(C)C. The third kappa shape index (κ3) is 11.8. The van der Waals surface area contributed by atoms with Crippen LogP contribution in [0.2, 0.25) is 0 Å². The van der Waals surface area contributed by atoms with Crippen molar-refractivity contribution in [3.8, 4) is 5.75 Å². The highest BCUT2D eigenvalue weighted by molar-refractivity contribution is 8.77. The number of benzene rings is 2. The first-order valence-electron chi connectivity index (χ1n) is 15.8. The van der Waals surface area contributed by atoms with Gasteiger partial charge in [-0.05, 0) is 64.3 Å². The van der Waals surface area contributed by atoms with Gasteiger partial charge in [-0.1, -0.05) is 64.1 Å². The average molecular weight is 716 g/mol. The van der Waals surface area contributed by atoms with Gasteiger partial charge >= 0.3 is 11.9 Å². The number of ether oxygens (including phenoxy) is 2. The number of nitrogens with two attached hydrogens (primary N) is 1. The lowest BCUT2D eigenvalue weighted by Gasteiger charge is -2.38. The summed E-state index contributed by atoms with van der Waals surface area (Å²) in [6.07, 6.45) is 0.252. The predicted molar refractivity (Wildman–Crippen MR) is 188 cm³/mol. The van der Waals surface area contributed by atoms with E-state index in [1.165, 1.54) is 28.5 Å². The number of hydrogen-bond donors (Lipinski definition) is 5. The molecular weight excluding hydrogens is 671 g/mol. The molecule has 4 atom stereocenters. The number of nitrogens with one attached hydrogen (secondary N) is 4. The molecule has 0 spiro atoms. The summed E-state index contributed by atoms with van der Waals surface area (Å²) in [7, 11) is 2.48. The van der Waals surface area contributed by atoms with Gasteiger partial charge in [-0.2, -0.15) is 0 Å². The molecule has 15 heteroatoms. The van der Waals surface area contributed by atoms with Crippen LogP contribution >= 0.6 is 21.6 Å². The van der Waals surface area contributed by atoms with E-state index in [4.69, 9.17) is 15.2 Å². The molecule has 1 fully saturated rings. The molecule has 0 radical (unpaired) electrons. The lowest BCUT2D eigenvalue weighted by Crippen LogP contribution is -2.62. The standard InChI is InChI=1S/C34H45N5O8S2/c1-7-46-32(45)28-34(5,6)49-48-33(3,4)27(38-29(42)24(35)17-22-13-15-23(16-14-22)47-20(2)40)31(44)36-19-26(41)37-25(30(43)39-28)18-21-11-9-8-10-12-21/h8-16,24-25,27-28H,7,17-19,35H2,1-6H3,(H,36,44)(H,37,41)(H,38,42)(H,39,43). The van der Waals surface area contributed by atoms with Crippen LogP contribution in [0.3, 0.4) is 0 Å². The molecule has 2 aromatic carbocycles. The molecule has 2 aromatic rings. The molecule has 0 bridgehead atoms. The summed E-state index contributed by atoms with van der Waals surface area (Å²) in [5, 5.41) is 10.9. The van der Waals surface area contributed by atoms with Crippen LogP contribution in [0.25, 0.3) is 0 Å². The summed E-state index contributed by atoms with van der Waals surface area (Å²) in [6.45, 7) is 9.55. The van der Waals surface area contributed by atoms with Gasteiger partial charge in [0.25, 0.3) is 0 Å². The summed E-state index contributed by atoms with van der Waals surface area (Å²) in [5.41, 5.74) is 7.74. The Morgan fingerprint density at radius 2 is 1.55 bits per heavy atom. The molecule has 266 valence electrons. The van der Waals surface area contributed by atoms with Crippen LogP contribution in [0.4, 0.5) is 0 Å². The van der Waals surface area contributed by atoms with E-state index in [1.807, 2.05) is 18.2 Å². The zero-order valence-electron chi connectivity index (χ0n) is 28.5. The molecule has 6 N–H and O–H groups in total. The van der Waals surface area contributed by atoms with Crippen molar-refractivity contribution in [2.45, 2.75) is 88.0 Å². The van der Waals surface area contributed by atoms with Gasteiger partial charge in [-0.25, -0.2) is 4.79 Å². The van der Waals surface area contributed by atoms with Crippen LogP contribution < -0.4 is 31.7 Å². The Labute approximate surface area is 294 Å². The van der Waals surface area contributed by atoms with Crippen LogP contribution in [0.1, 0.15) is 52.7 Å². The summed E-state index contributed by atoms with van der Waals surface area (Å²) < 4.78 is 8.37. The third-order valence-corrected chi connectivity index (χ3v) is 11.8. The van der Waals surface area contributed by atoms with Gasteiger partial charge in [0.1, 0.15) is 23.9 Å². The first kappa shape index (κ1) is 39.4. The van der Waals surface area contributed by atoms with Crippen LogP contribution in [0.5, 0.6) is 5.75 Å². The average Bonchev–Trinajstić information content (AvgIpc) is 3.04. The Kier molecular flexibility index (Phi) is 14.1. The van der Waals surface area contributed by atoms with Crippen molar-refractivity contribution in [3.05, 3.63) is 65.7 Å². The summed E-state index contributed by atoms with van der Waals surface area (Å²) in [6, 6.07) is 11.2. The highest BCUT2D eigenvalue weighted by atomic mass is 33.1. The van der Waals surface area contributed by atoms with E-state index in [0.29, 0.717) is 11.3 Å². The molecule has 13 nitrogen and oxygen atoms in total. The second-order valence-corrected chi connectivity index (χ2v) is 16.0. The summed E-state index contributed by atoms with van der Waals surface area (Å²) >= 11 is 0. The predicted octanol–water partition coefficient (Wildman–Crippen LogP) is 1.81. The van der Waals surface area contributed by atoms with Gasteiger partial charge < -0.3 is 36.5 Å². The second-order valence-electron chi connectivity index (χ2n) is 12.6. The first-order valence-corrected chi connectivity index (χ1v) is 18.0. The molecule has 3 rings (SSSR count). The molecule has 0 aliphatic carbocycles. The Morgan fingerprint density at radius 1 is 0.918 bits per heavy atom. The van der Waals surface area contributed by atoms with Crippen LogP contribution in [-0.2, 0) is 46.3 Å².